The first-order chi connectivity index (χ1) is 12.2. The quantitative estimate of drug-likeness (QED) is 0.814. The zero-order valence-electron chi connectivity index (χ0n) is 14.8. The normalized spacial score (nSPS) is 16.1. The summed E-state index contributed by atoms with van der Waals surface area (Å²) in [6.45, 7) is 3.00. The molecule has 2 aromatic rings. The first-order valence-corrected chi connectivity index (χ1v) is 9.24. The summed E-state index contributed by atoms with van der Waals surface area (Å²) in [5.74, 6) is 0.181. The summed E-state index contributed by atoms with van der Waals surface area (Å²) in [6.07, 6.45) is 6.42. The van der Waals surface area contributed by atoms with Crippen LogP contribution in [0.5, 0.6) is 0 Å². The summed E-state index contributed by atoms with van der Waals surface area (Å²) >= 11 is 0. The molecule has 0 bridgehead atoms. The lowest BCUT2D eigenvalue weighted by atomic mass is 10.0. The number of aliphatic hydroxyl groups excluding tert-OH is 1. The lowest BCUT2D eigenvalue weighted by molar-refractivity contribution is 0.0839. The number of carbonyl (C=O) groups is 1. The fraction of sp³-hybridized carbons (Fsp3) is 0.500. The van der Waals surface area contributed by atoms with E-state index in [0.717, 1.165) is 30.5 Å². The Labute approximate surface area is 149 Å². The molecule has 0 aliphatic heterocycles. The fourth-order valence-electron chi connectivity index (χ4n) is 3.67. The molecule has 5 heteroatoms. The molecule has 3 rings (SSSR count). The Morgan fingerprint density at radius 2 is 2.04 bits per heavy atom. The van der Waals surface area contributed by atoms with Gasteiger partial charge in [-0.15, -0.1) is 0 Å². The fourth-order valence-corrected chi connectivity index (χ4v) is 3.67. The third kappa shape index (κ3) is 4.28. The molecule has 1 heterocycles. The van der Waals surface area contributed by atoms with E-state index in [2.05, 4.69) is 22.5 Å². The van der Waals surface area contributed by atoms with E-state index in [-0.39, 0.29) is 5.91 Å². The average molecular weight is 341 g/mol. The van der Waals surface area contributed by atoms with E-state index in [1.165, 1.54) is 12.8 Å². The van der Waals surface area contributed by atoms with E-state index < -0.39 is 6.10 Å². The van der Waals surface area contributed by atoms with Crippen LogP contribution in [0.3, 0.4) is 0 Å². The number of rotatable bonds is 7. The lowest BCUT2D eigenvalue weighted by Gasteiger charge is -2.18. The molecule has 1 amide bonds. The van der Waals surface area contributed by atoms with E-state index >= 15 is 0 Å². The molecule has 1 saturated carbocycles. The van der Waals surface area contributed by atoms with E-state index in [0.29, 0.717) is 24.6 Å². The van der Waals surface area contributed by atoms with Crippen molar-refractivity contribution in [2.75, 3.05) is 6.54 Å². The Hall–Kier alpha value is -2.14. The Balaban J connectivity index is 1.64. The third-order valence-corrected chi connectivity index (χ3v) is 5.12. The predicted octanol–water partition coefficient (Wildman–Crippen LogP) is 2.77. The van der Waals surface area contributed by atoms with Crippen molar-refractivity contribution in [1.29, 1.82) is 0 Å². The highest BCUT2D eigenvalue weighted by atomic mass is 16.3. The summed E-state index contributed by atoms with van der Waals surface area (Å²) < 4.78 is 1.89. The number of benzene rings is 1. The highest BCUT2D eigenvalue weighted by Crippen LogP contribution is 2.27. The van der Waals surface area contributed by atoms with Crippen molar-refractivity contribution < 1.29 is 9.90 Å². The maximum atomic E-state index is 12.5. The van der Waals surface area contributed by atoms with Crippen molar-refractivity contribution in [2.24, 2.45) is 5.92 Å². The maximum absolute atomic E-state index is 12.5. The molecular weight excluding hydrogens is 314 g/mol. The maximum Gasteiger partial charge on any atom is 0.254 e. The van der Waals surface area contributed by atoms with Gasteiger partial charge in [-0.05, 0) is 30.7 Å². The minimum Gasteiger partial charge on any atom is -0.391 e. The zero-order chi connectivity index (χ0) is 17.6. The van der Waals surface area contributed by atoms with Gasteiger partial charge in [0.25, 0.3) is 5.91 Å². The second kappa shape index (κ2) is 8.30. The van der Waals surface area contributed by atoms with Crippen molar-refractivity contribution in [3.8, 4) is 0 Å². The van der Waals surface area contributed by atoms with Gasteiger partial charge in [-0.3, -0.25) is 9.48 Å². The molecule has 1 aliphatic carbocycles. The molecule has 1 aliphatic rings. The van der Waals surface area contributed by atoms with Gasteiger partial charge in [0.1, 0.15) is 0 Å². The number of amides is 1. The molecule has 0 radical (unpaired) electrons. The van der Waals surface area contributed by atoms with E-state index in [1.54, 1.807) is 6.20 Å². The molecule has 0 spiro atoms. The van der Waals surface area contributed by atoms with Crippen molar-refractivity contribution in [3.63, 3.8) is 0 Å². The molecule has 1 unspecified atom stereocenters. The van der Waals surface area contributed by atoms with Gasteiger partial charge in [-0.1, -0.05) is 50.1 Å². The monoisotopic (exact) mass is 341 g/mol. The Kier molecular flexibility index (Phi) is 5.87. The van der Waals surface area contributed by atoms with Crippen molar-refractivity contribution in [2.45, 2.75) is 51.7 Å². The largest absolute Gasteiger partial charge is 0.391 e. The van der Waals surface area contributed by atoms with Gasteiger partial charge in [0.15, 0.2) is 0 Å². The minimum absolute atomic E-state index is 0.145. The molecule has 25 heavy (non-hydrogen) atoms. The minimum atomic E-state index is -0.448. The predicted molar refractivity (Wildman–Crippen MR) is 97.4 cm³/mol. The van der Waals surface area contributed by atoms with Gasteiger partial charge in [0.05, 0.1) is 30.1 Å². The van der Waals surface area contributed by atoms with E-state index in [4.69, 9.17) is 0 Å². The van der Waals surface area contributed by atoms with Crippen LogP contribution in [0.4, 0.5) is 0 Å². The van der Waals surface area contributed by atoms with Crippen LogP contribution in [0.25, 0.3) is 0 Å². The second-order valence-corrected chi connectivity index (χ2v) is 6.82. The van der Waals surface area contributed by atoms with Crippen molar-refractivity contribution in [1.82, 2.24) is 15.1 Å². The Bertz CT molecular complexity index is 690. The molecule has 2 N–H and O–H groups in total. The van der Waals surface area contributed by atoms with Crippen LogP contribution in [0.15, 0.2) is 36.5 Å². The number of hydrogen-bond acceptors (Lipinski definition) is 3. The van der Waals surface area contributed by atoms with Gasteiger partial charge < -0.3 is 10.4 Å². The van der Waals surface area contributed by atoms with Gasteiger partial charge in [0.2, 0.25) is 0 Å². The molecule has 5 nitrogen and oxygen atoms in total. The summed E-state index contributed by atoms with van der Waals surface area (Å²) in [7, 11) is 0. The molecule has 1 atom stereocenters. The van der Waals surface area contributed by atoms with Gasteiger partial charge >= 0.3 is 0 Å². The van der Waals surface area contributed by atoms with Crippen LogP contribution in [0.2, 0.25) is 0 Å². The van der Waals surface area contributed by atoms with Crippen molar-refractivity contribution in [3.05, 3.63) is 53.3 Å². The summed E-state index contributed by atoms with van der Waals surface area (Å²) in [4.78, 5) is 12.5. The molecule has 134 valence electrons. The summed E-state index contributed by atoms with van der Waals surface area (Å²) in [5.41, 5.74) is 2.69. The van der Waals surface area contributed by atoms with Gasteiger partial charge in [-0.25, -0.2) is 0 Å². The number of aliphatic hydroxyl groups is 1. The highest BCUT2D eigenvalue weighted by Gasteiger charge is 2.24. The summed E-state index contributed by atoms with van der Waals surface area (Å²) in [5, 5.41) is 17.5. The molecular formula is C20H27N3O2. The van der Waals surface area contributed by atoms with Crippen LogP contribution in [-0.2, 0) is 13.0 Å². The second-order valence-electron chi connectivity index (χ2n) is 6.82. The first-order valence-electron chi connectivity index (χ1n) is 9.24. The molecule has 1 aromatic heterocycles. The molecule has 1 aromatic carbocycles. The molecule has 0 saturated heterocycles. The van der Waals surface area contributed by atoms with Crippen molar-refractivity contribution >= 4 is 5.91 Å². The van der Waals surface area contributed by atoms with Crippen LogP contribution in [0, 0.1) is 5.92 Å². The lowest BCUT2D eigenvalue weighted by Crippen LogP contribution is -2.35. The smallest absolute Gasteiger partial charge is 0.254 e. The number of nitrogens with zero attached hydrogens (tertiary/aromatic N) is 2. The third-order valence-electron chi connectivity index (χ3n) is 5.12. The number of nitrogens with one attached hydrogen (secondary N) is 1. The summed E-state index contributed by atoms with van der Waals surface area (Å²) in [6, 6.07) is 10.1. The Morgan fingerprint density at radius 3 is 2.72 bits per heavy atom. The van der Waals surface area contributed by atoms with Crippen LogP contribution in [0.1, 0.15) is 54.2 Å². The standard InChI is InChI=1S/C20H27N3O2/c1-2-18-17(12-22-23(18)14-15-8-4-3-5-9-15)20(25)21-13-19(24)16-10-6-7-11-16/h3-5,8-9,12,16,19,24H,2,6-7,10-11,13-14H2,1H3,(H,21,25). The highest BCUT2D eigenvalue weighted by molar-refractivity contribution is 5.95. The van der Waals surface area contributed by atoms with E-state index in [1.807, 2.05) is 29.8 Å². The number of carbonyl (C=O) groups excluding carboxylic acids is 1. The van der Waals surface area contributed by atoms with Crippen LogP contribution in [-0.4, -0.2) is 33.4 Å². The zero-order valence-corrected chi connectivity index (χ0v) is 14.8. The van der Waals surface area contributed by atoms with Gasteiger partial charge in [0, 0.05) is 6.54 Å². The topological polar surface area (TPSA) is 67.2 Å². The van der Waals surface area contributed by atoms with Crippen LogP contribution >= 0.6 is 0 Å². The first kappa shape index (κ1) is 17.7. The SMILES string of the molecule is CCc1c(C(=O)NCC(O)C2CCCC2)cnn1Cc1ccccc1. The number of aromatic nitrogens is 2. The van der Waals surface area contributed by atoms with E-state index in [9.17, 15) is 9.90 Å². The average Bonchev–Trinajstić information content (AvgIpc) is 3.30. The number of hydrogen-bond donors (Lipinski definition) is 2. The molecule has 1 fully saturated rings. The van der Waals surface area contributed by atoms with Crippen LogP contribution < -0.4 is 5.32 Å². The Morgan fingerprint density at radius 1 is 1.32 bits per heavy atom. The van der Waals surface area contributed by atoms with Gasteiger partial charge in [-0.2, -0.15) is 5.10 Å².